The van der Waals surface area contributed by atoms with E-state index in [1.54, 1.807) is 75.9 Å². The van der Waals surface area contributed by atoms with Crippen LogP contribution in [-0.2, 0) is 25.9 Å². The van der Waals surface area contributed by atoms with Crippen molar-refractivity contribution in [3.05, 3.63) is 56.5 Å². The third-order valence-electron chi connectivity index (χ3n) is 5.67. The Morgan fingerprint density at radius 2 is 1.62 bits per heavy atom. The zero-order valence-corrected chi connectivity index (χ0v) is 23.5. The number of methoxy groups -OCH3 is 2. The topological polar surface area (TPSA) is 128 Å². The lowest BCUT2D eigenvalue weighted by Gasteiger charge is -2.19. The first-order chi connectivity index (χ1) is 18.4. The molecule has 1 N–H and O–H groups in total. The van der Waals surface area contributed by atoms with Gasteiger partial charge in [-0.3, -0.25) is 13.9 Å². The first-order valence-electron chi connectivity index (χ1n) is 12.2. The van der Waals surface area contributed by atoms with E-state index >= 15 is 0 Å². The minimum absolute atomic E-state index is 0.214. The molecule has 0 aliphatic rings. The minimum atomic E-state index is -0.560. The normalized spacial score (nSPS) is 11.9. The lowest BCUT2D eigenvalue weighted by molar-refractivity contribution is 0.0534. The monoisotopic (exact) mass is 541 g/mol. The summed E-state index contributed by atoms with van der Waals surface area (Å²) in [5.41, 5.74) is -0.0503. The molecular weight excluding hydrogens is 506 g/mol. The smallest absolute Gasteiger partial charge is 0.407 e. The first-order valence-corrected chi connectivity index (χ1v) is 12.2. The van der Waals surface area contributed by atoms with E-state index in [-0.39, 0.29) is 6.61 Å². The van der Waals surface area contributed by atoms with Crippen LogP contribution >= 0.6 is 0 Å². The van der Waals surface area contributed by atoms with Crippen LogP contribution in [0.1, 0.15) is 32.2 Å². The predicted octanol–water partition coefficient (Wildman–Crippen LogP) is 2.62. The maximum absolute atomic E-state index is 12.6. The Hall–Kier alpha value is -4.48. The van der Waals surface area contributed by atoms with E-state index in [2.05, 4.69) is 10.3 Å². The van der Waals surface area contributed by atoms with Gasteiger partial charge in [0.15, 0.2) is 22.7 Å². The van der Waals surface area contributed by atoms with Crippen molar-refractivity contribution in [1.29, 1.82) is 0 Å². The number of rotatable bonds is 9. The quantitative estimate of drug-likeness (QED) is 0.410. The molecule has 0 aliphatic carbocycles. The van der Waals surface area contributed by atoms with E-state index in [1.807, 2.05) is 0 Å². The molecule has 2 heterocycles. The van der Waals surface area contributed by atoms with Gasteiger partial charge in [-0.05, 0) is 50.6 Å². The molecule has 12 heteroatoms. The van der Waals surface area contributed by atoms with Crippen LogP contribution in [0.4, 0.5) is 4.79 Å². The molecule has 0 saturated carbocycles. The summed E-state index contributed by atoms with van der Waals surface area (Å²) in [4.78, 5) is 41.1. The molecule has 1 aromatic carbocycles. The molecule has 0 fully saturated rings. The van der Waals surface area contributed by atoms with Crippen LogP contribution < -0.4 is 30.8 Å². The second-order valence-electron chi connectivity index (χ2n) is 9.66. The number of hydrogen-bond donors (Lipinski definition) is 1. The van der Waals surface area contributed by atoms with Gasteiger partial charge < -0.3 is 28.8 Å². The number of amides is 1. The summed E-state index contributed by atoms with van der Waals surface area (Å²) in [5.74, 6) is 1.82. The molecule has 0 unspecified atom stereocenters. The molecule has 0 aliphatic heterocycles. The van der Waals surface area contributed by atoms with Crippen molar-refractivity contribution < 1.29 is 23.7 Å². The molecule has 210 valence electrons. The summed E-state index contributed by atoms with van der Waals surface area (Å²) < 4.78 is 26.2. The summed E-state index contributed by atoms with van der Waals surface area (Å²) in [6.45, 7) is 5.90. The van der Waals surface area contributed by atoms with Crippen LogP contribution in [0.2, 0.25) is 0 Å². The predicted molar refractivity (Wildman–Crippen MR) is 149 cm³/mol. The number of carbonyl (C=O) groups is 1. The standard InChI is InChI=1S/C27H35N5O7/c1-27(2,3)39-25(34)28-13-9-10-14-38-22-18(36-7)15-17(16-19(22)37-8)11-12-20-29-23-21(30(20)4)24(33)32(6)26(35)31(23)5/h9-12,15-16H,13-14H2,1-8H3,(H,28,34)/b10-9+,12-11+. The number of hydrogen-bond acceptors (Lipinski definition) is 8. The van der Waals surface area contributed by atoms with Crippen molar-refractivity contribution >= 4 is 29.4 Å². The molecule has 0 bridgehead atoms. The molecule has 0 saturated heterocycles. The number of carbonyl (C=O) groups excluding carboxylic acids is 1. The second kappa shape index (κ2) is 11.9. The third-order valence-corrected chi connectivity index (χ3v) is 5.67. The maximum Gasteiger partial charge on any atom is 0.407 e. The highest BCUT2D eigenvalue weighted by Crippen LogP contribution is 2.39. The molecule has 0 radical (unpaired) electrons. The highest BCUT2D eigenvalue weighted by Gasteiger charge is 2.17. The Labute approximate surface area is 226 Å². The molecule has 0 atom stereocenters. The van der Waals surface area contributed by atoms with Crippen molar-refractivity contribution in [1.82, 2.24) is 24.0 Å². The van der Waals surface area contributed by atoms with E-state index in [9.17, 15) is 14.4 Å². The number of aromatic nitrogens is 4. The number of ether oxygens (including phenoxy) is 4. The average Bonchev–Trinajstić information content (AvgIpc) is 3.21. The SMILES string of the molecule is COc1cc(/C=C/c2nc3c(c(=O)n(C)c(=O)n3C)n2C)cc(OC)c1OC/C=C/CNC(=O)OC(C)(C)C. The van der Waals surface area contributed by atoms with E-state index in [1.165, 1.54) is 25.8 Å². The lowest BCUT2D eigenvalue weighted by atomic mass is 10.1. The highest BCUT2D eigenvalue weighted by molar-refractivity contribution is 5.77. The van der Waals surface area contributed by atoms with Gasteiger partial charge in [0.25, 0.3) is 5.56 Å². The Balaban J connectivity index is 1.77. The Morgan fingerprint density at radius 1 is 0.974 bits per heavy atom. The largest absolute Gasteiger partial charge is 0.493 e. The van der Waals surface area contributed by atoms with Gasteiger partial charge in [-0.15, -0.1) is 0 Å². The van der Waals surface area contributed by atoms with Crippen molar-refractivity contribution in [3.8, 4) is 17.2 Å². The first kappa shape index (κ1) is 29.1. The number of fused-ring (bicyclic) bond motifs is 1. The molecular formula is C27H35N5O7. The number of nitrogens with one attached hydrogen (secondary N) is 1. The van der Waals surface area contributed by atoms with E-state index < -0.39 is 22.9 Å². The number of aryl methyl sites for hydroxylation is 2. The summed E-state index contributed by atoms with van der Waals surface area (Å²) in [6.07, 6.45) is 6.54. The van der Waals surface area contributed by atoms with Gasteiger partial charge in [-0.25, -0.2) is 14.6 Å². The molecule has 3 rings (SSSR count). The average molecular weight is 542 g/mol. The Kier molecular flexibility index (Phi) is 8.89. The number of alkyl carbamates (subject to hydrolysis) is 1. The molecule has 0 spiro atoms. The van der Waals surface area contributed by atoms with Crippen LogP contribution in [0, 0.1) is 0 Å². The molecule has 2 aromatic heterocycles. The van der Waals surface area contributed by atoms with Crippen molar-refractivity contribution in [3.63, 3.8) is 0 Å². The van der Waals surface area contributed by atoms with Crippen molar-refractivity contribution in [2.75, 3.05) is 27.4 Å². The summed E-state index contributed by atoms with van der Waals surface area (Å²) in [5, 5.41) is 2.64. The summed E-state index contributed by atoms with van der Waals surface area (Å²) >= 11 is 0. The van der Waals surface area contributed by atoms with Crippen LogP contribution in [0.3, 0.4) is 0 Å². The molecule has 12 nitrogen and oxygen atoms in total. The van der Waals surface area contributed by atoms with Gasteiger partial charge >= 0.3 is 11.8 Å². The fourth-order valence-corrected chi connectivity index (χ4v) is 3.73. The fourth-order valence-electron chi connectivity index (χ4n) is 3.73. The van der Waals surface area contributed by atoms with Crippen molar-refractivity contribution in [2.24, 2.45) is 21.1 Å². The van der Waals surface area contributed by atoms with E-state index in [0.717, 1.165) is 10.1 Å². The lowest BCUT2D eigenvalue weighted by Crippen LogP contribution is -2.37. The fraction of sp³-hybridized carbons (Fsp3) is 0.407. The Bertz CT molecular complexity index is 1510. The van der Waals surface area contributed by atoms with Crippen LogP contribution in [0.25, 0.3) is 23.3 Å². The molecule has 3 aromatic rings. The van der Waals surface area contributed by atoms with Gasteiger partial charge in [0.2, 0.25) is 5.75 Å². The summed E-state index contributed by atoms with van der Waals surface area (Å²) in [6, 6.07) is 3.55. The van der Waals surface area contributed by atoms with Crippen LogP contribution in [-0.4, -0.2) is 57.8 Å². The Morgan fingerprint density at radius 3 is 2.21 bits per heavy atom. The van der Waals surface area contributed by atoms with Crippen LogP contribution in [0.15, 0.2) is 33.9 Å². The van der Waals surface area contributed by atoms with Gasteiger partial charge in [0.05, 0.1) is 14.2 Å². The van der Waals surface area contributed by atoms with Crippen LogP contribution in [0.5, 0.6) is 17.2 Å². The van der Waals surface area contributed by atoms with Crippen molar-refractivity contribution in [2.45, 2.75) is 26.4 Å². The van der Waals surface area contributed by atoms with E-state index in [0.29, 0.717) is 40.8 Å². The second-order valence-corrected chi connectivity index (χ2v) is 9.66. The zero-order chi connectivity index (χ0) is 28.9. The van der Waals surface area contributed by atoms with Gasteiger partial charge in [-0.2, -0.15) is 0 Å². The summed E-state index contributed by atoms with van der Waals surface area (Å²) in [7, 11) is 7.78. The van der Waals surface area contributed by atoms with Gasteiger partial charge in [0, 0.05) is 27.7 Å². The maximum atomic E-state index is 12.6. The number of nitrogens with zero attached hydrogens (tertiary/aromatic N) is 4. The number of benzene rings is 1. The third kappa shape index (κ3) is 6.70. The number of imidazole rings is 1. The van der Waals surface area contributed by atoms with Gasteiger partial charge in [0.1, 0.15) is 18.0 Å². The van der Waals surface area contributed by atoms with E-state index in [4.69, 9.17) is 18.9 Å². The zero-order valence-electron chi connectivity index (χ0n) is 23.5. The molecule has 39 heavy (non-hydrogen) atoms. The molecule has 1 amide bonds. The minimum Gasteiger partial charge on any atom is -0.493 e. The highest BCUT2D eigenvalue weighted by atomic mass is 16.6. The van der Waals surface area contributed by atoms with Gasteiger partial charge in [-0.1, -0.05) is 12.2 Å².